The molecule has 0 aliphatic heterocycles. The fourth-order valence-electron chi connectivity index (χ4n) is 1.37. The number of benzene rings is 1. The summed E-state index contributed by atoms with van der Waals surface area (Å²) in [6.07, 6.45) is -4.72. The van der Waals surface area contributed by atoms with Crippen molar-refractivity contribution in [3.8, 4) is 0 Å². The Morgan fingerprint density at radius 3 is 2.53 bits per heavy atom. The molecule has 1 aromatic carbocycles. The summed E-state index contributed by atoms with van der Waals surface area (Å²) in [5.74, 6) is -1.78. The van der Waals surface area contributed by atoms with Gasteiger partial charge in [-0.2, -0.15) is 18.2 Å². The summed E-state index contributed by atoms with van der Waals surface area (Å²) in [5, 5.41) is 3.78. The van der Waals surface area contributed by atoms with E-state index in [0.717, 1.165) is 0 Å². The number of nitrogens with two attached hydrogens (primary N) is 1. The summed E-state index contributed by atoms with van der Waals surface area (Å²) in [6, 6.07) is 3.37. The minimum Gasteiger partial charge on any atom is -0.329 e. The molecule has 0 fully saturated rings. The average Bonchev–Trinajstić information content (AvgIpc) is 2.80. The highest BCUT2D eigenvalue weighted by Crippen LogP contribution is 2.31. The Kier molecular flexibility index (Phi) is 3.71. The summed E-state index contributed by atoms with van der Waals surface area (Å²) >= 11 is 11.7. The molecule has 0 saturated heterocycles. The first kappa shape index (κ1) is 14.1. The molecule has 9 heteroatoms. The zero-order valence-corrected chi connectivity index (χ0v) is 10.6. The third-order valence-corrected chi connectivity index (χ3v) is 2.83. The molecule has 2 aromatic rings. The van der Waals surface area contributed by atoms with Gasteiger partial charge in [0, 0.05) is 10.0 Å². The Bertz CT molecular complexity index is 600. The van der Waals surface area contributed by atoms with Gasteiger partial charge in [-0.05, 0) is 23.8 Å². The molecule has 1 atom stereocenters. The number of nitrogens with zero attached hydrogens (tertiary/aromatic N) is 2. The third-order valence-electron chi connectivity index (χ3n) is 2.26. The van der Waals surface area contributed by atoms with Crippen molar-refractivity contribution in [2.24, 2.45) is 5.73 Å². The Balaban J connectivity index is 2.36. The fraction of sp³-hybridized carbons (Fsp3) is 0.200. The van der Waals surface area contributed by atoms with E-state index in [2.05, 4.69) is 14.7 Å². The van der Waals surface area contributed by atoms with Gasteiger partial charge in [-0.3, -0.25) is 0 Å². The van der Waals surface area contributed by atoms with E-state index in [4.69, 9.17) is 28.9 Å². The normalized spacial score (nSPS) is 13.6. The summed E-state index contributed by atoms with van der Waals surface area (Å²) < 4.78 is 41.1. The molecule has 1 heterocycles. The molecule has 1 unspecified atom stereocenters. The number of rotatable bonds is 2. The first-order chi connectivity index (χ1) is 8.79. The second kappa shape index (κ2) is 4.99. The maximum Gasteiger partial charge on any atom is 0.471 e. The molecule has 0 saturated carbocycles. The van der Waals surface area contributed by atoms with Crippen molar-refractivity contribution in [2.75, 3.05) is 0 Å². The zero-order valence-electron chi connectivity index (χ0n) is 9.08. The SMILES string of the molecule is NC(c1noc(C(F)(F)F)n1)c1cc(Cl)ccc1Cl. The quantitative estimate of drug-likeness (QED) is 0.922. The summed E-state index contributed by atoms with van der Waals surface area (Å²) in [7, 11) is 0. The molecule has 0 spiro atoms. The highest BCUT2D eigenvalue weighted by Gasteiger charge is 2.39. The highest BCUT2D eigenvalue weighted by atomic mass is 35.5. The van der Waals surface area contributed by atoms with E-state index in [1.54, 1.807) is 0 Å². The number of alkyl halides is 3. The van der Waals surface area contributed by atoms with Crippen molar-refractivity contribution in [2.45, 2.75) is 12.2 Å². The summed E-state index contributed by atoms with van der Waals surface area (Å²) in [4.78, 5) is 3.20. The Morgan fingerprint density at radius 1 is 1.26 bits per heavy atom. The van der Waals surface area contributed by atoms with Crippen LogP contribution < -0.4 is 5.73 Å². The van der Waals surface area contributed by atoms with Gasteiger partial charge in [0.2, 0.25) is 0 Å². The molecule has 0 aliphatic rings. The minimum atomic E-state index is -4.72. The standard InChI is InChI=1S/C10H6Cl2F3N3O/c11-4-1-2-6(12)5(3-4)7(16)8-17-9(19-18-8)10(13,14)15/h1-3,7H,16H2. The number of aromatic nitrogens is 2. The Hall–Kier alpha value is -1.31. The van der Waals surface area contributed by atoms with Gasteiger partial charge < -0.3 is 10.3 Å². The zero-order chi connectivity index (χ0) is 14.2. The van der Waals surface area contributed by atoms with Crippen molar-refractivity contribution in [3.05, 3.63) is 45.5 Å². The fourth-order valence-corrected chi connectivity index (χ4v) is 1.78. The van der Waals surface area contributed by atoms with Crippen LogP contribution in [0.1, 0.15) is 23.3 Å². The van der Waals surface area contributed by atoms with Gasteiger partial charge in [0.1, 0.15) is 0 Å². The largest absolute Gasteiger partial charge is 0.471 e. The van der Waals surface area contributed by atoms with Crippen LogP contribution in [0.3, 0.4) is 0 Å². The van der Waals surface area contributed by atoms with Crippen molar-refractivity contribution in [1.82, 2.24) is 10.1 Å². The van der Waals surface area contributed by atoms with Crippen LogP contribution in [0, 0.1) is 0 Å². The van der Waals surface area contributed by atoms with Crippen LogP contribution in [-0.2, 0) is 6.18 Å². The molecular formula is C10H6Cl2F3N3O. The molecule has 2 N–H and O–H groups in total. The molecule has 0 radical (unpaired) electrons. The Labute approximate surface area is 115 Å². The van der Waals surface area contributed by atoms with Gasteiger partial charge in [0.15, 0.2) is 5.82 Å². The second-order valence-electron chi connectivity index (χ2n) is 3.60. The van der Waals surface area contributed by atoms with E-state index >= 15 is 0 Å². The molecule has 4 nitrogen and oxygen atoms in total. The van der Waals surface area contributed by atoms with E-state index in [0.29, 0.717) is 10.6 Å². The van der Waals surface area contributed by atoms with E-state index in [9.17, 15) is 13.2 Å². The lowest BCUT2D eigenvalue weighted by Gasteiger charge is -2.09. The molecule has 102 valence electrons. The first-order valence-corrected chi connectivity index (χ1v) is 5.66. The molecular weight excluding hydrogens is 306 g/mol. The van der Waals surface area contributed by atoms with Gasteiger partial charge in [-0.25, -0.2) is 0 Å². The number of hydrogen-bond donors (Lipinski definition) is 1. The van der Waals surface area contributed by atoms with Crippen molar-refractivity contribution in [1.29, 1.82) is 0 Å². The average molecular weight is 312 g/mol. The van der Waals surface area contributed by atoms with E-state index < -0.39 is 18.1 Å². The topological polar surface area (TPSA) is 64.9 Å². The van der Waals surface area contributed by atoms with Gasteiger partial charge in [0.25, 0.3) is 0 Å². The maximum absolute atomic E-state index is 12.3. The smallest absolute Gasteiger partial charge is 0.329 e. The van der Waals surface area contributed by atoms with Gasteiger partial charge in [0.05, 0.1) is 6.04 Å². The maximum atomic E-state index is 12.3. The van der Waals surface area contributed by atoms with Gasteiger partial charge in [-0.15, -0.1) is 0 Å². The van der Waals surface area contributed by atoms with E-state index in [1.165, 1.54) is 18.2 Å². The molecule has 0 aliphatic carbocycles. The second-order valence-corrected chi connectivity index (χ2v) is 4.44. The number of halogens is 5. The Morgan fingerprint density at radius 2 is 1.95 bits per heavy atom. The lowest BCUT2D eigenvalue weighted by Crippen LogP contribution is -2.15. The van der Waals surface area contributed by atoms with Crippen LogP contribution in [0.25, 0.3) is 0 Å². The highest BCUT2D eigenvalue weighted by molar-refractivity contribution is 6.33. The molecule has 2 rings (SSSR count). The van der Waals surface area contributed by atoms with E-state index in [1.807, 2.05) is 0 Å². The van der Waals surface area contributed by atoms with Crippen LogP contribution in [-0.4, -0.2) is 10.1 Å². The van der Waals surface area contributed by atoms with Crippen LogP contribution >= 0.6 is 23.2 Å². The molecule has 19 heavy (non-hydrogen) atoms. The predicted molar refractivity (Wildman–Crippen MR) is 61.8 cm³/mol. The molecule has 1 aromatic heterocycles. The monoisotopic (exact) mass is 311 g/mol. The van der Waals surface area contributed by atoms with Crippen molar-refractivity contribution in [3.63, 3.8) is 0 Å². The summed E-state index contributed by atoms with van der Waals surface area (Å²) in [6.45, 7) is 0. The van der Waals surface area contributed by atoms with Crippen molar-refractivity contribution < 1.29 is 17.7 Å². The third kappa shape index (κ3) is 2.99. The van der Waals surface area contributed by atoms with Gasteiger partial charge >= 0.3 is 12.1 Å². The van der Waals surface area contributed by atoms with Crippen LogP contribution in [0.2, 0.25) is 10.0 Å². The minimum absolute atomic E-state index is 0.246. The summed E-state index contributed by atoms with van der Waals surface area (Å²) in [5.41, 5.74) is 6.06. The van der Waals surface area contributed by atoms with Crippen LogP contribution in [0.4, 0.5) is 13.2 Å². The van der Waals surface area contributed by atoms with Crippen molar-refractivity contribution >= 4 is 23.2 Å². The first-order valence-electron chi connectivity index (χ1n) is 4.90. The predicted octanol–water partition coefficient (Wildman–Crippen LogP) is 3.44. The number of hydrogen-bond acceptors (Lipinski definition) is 4. The van der Waals surface area contributed by atoms with Crippen LogP contribution in [0.15, 0.2) is 22.7 Å². The van der Waals surface area contributed by atoms with E-state index in [-0.39, 0.29) is 10.8 Å². The lowest BCUT2D eigenvalue weighted by molar-refractivity contribution is -0.159. The molecule has 0 amide bonds. The van der Waals surface area contributed by atoms with Crippen LogP contribution in [0.5, 0.6) is 0 Å². The lowest BCUT2D eigenvalue weighted by atomic mass is 10.1. The molecule has 0 bridgehead atoms. The van der Waals surface area contributed by atoms with Gasteiger partial charge in [-0.1, -0.05) is 28.4 Å².